The fourth-order valence-electron chi connectivity index (χ4n) is 4.66. The SMILES string of the molecule is Cc1cc2c(oc3cc(F)ccc32)c(-c2ccc3cc([Si](C)(C)C)c(F)cc3[n+]2C)c1C. The van der Waals surface area contributed by atoms with Gasteiger partial charge in [0.2, 0.25) is 11.2 Å². The third-order valence-electron chi connectivity index (χ3n) is 6.57. The van der Waals surface area contributed by atoms with Gasteiger partial charge in [0.05, 0.1) is 13.6 Å². The van der Waals surface area contributed by atoms with Crippen LogP contribution in [0.25, 0.3) is 44.1 Å². The maximum absolute atomic E-state index is 15.1. The monoisotopic (exact) mass is 446 g/mol. The summed E-state index contributed by atoms with van der Waals surface area (Å²) in [5.41, 5.74) is 6.19. The van der Waals surface area contributed by atoms with Crippen LogP contribution >= 0.6 is 0 Å². The van der Waals surface area contributed by atoms with Crippen LogP contribution in [0.4, 0.5) is 8.78 Å². The van der Waals surface area contributed by atoms with E-state index >= 15 is 4.39 Å². The van der Waals surface area contributed by atoms with E-state index in [0.717, 1.165) is 54.8 Å². The molecule has 162 valence electrons. The number of hydrogen-bond donors (Lipinski definition) is 0. The summed E-state index contributed by atoms with van der Waals surface area (Å²) in [6.07, 6.45) is 0. The molecule has 0 saturated heterocycles. The van der Waals surface area contributed by atoms with Crippen LogP contribution in [-0.4, -0.2) is 8.07 Å². The smallest absolute Gasteiger partial charge is 0.216 e. The minimum atomic E-state index is -1.80. The van der Waals surface area contributed by atoms with E-state index in [-0.39, 0.29) is 11.6 Å². The number of furan rings is 1. The lowest BCUT2D eigenvalue weighted by molar-refractivity contribution is -0.633. The Balaban J connectivity index is 1.85. The van der Waals surface area contributed by atoms with Crippen molar-refractivity contribution >= 4 is 46.1 Å². The molecule has 2 nitrogen and oxygen atoms in total. The Morgan fingerprint density at radius 2 is 1.62 bits per heavy atom. The van der Waals surface area contributed by atoms with Gasteiger partial charge >= 0.3 is 0 Å². The van der Waals surface area contributed by atoms with E-state index < -0.39 is 8.07 Å². The van der Waals surface area contributed by atoms with Crippen LogP contribution in [0.1, 0.15) is 11.1 Å². The number of nitrogens with zero attached hydrogens (tertiary/aromatic N) is 1. The number of fused-ring (bicyclic) bond motifs is 4. The molecule has 0 bridgehead atoms. The predicted octanol–water partition coefficient (Wildman–Crippen LogP) is 6.67. The van der Waals surface area contributed by atoms with E-state index in [1.54, 1.807) is 12.1 Å². The Labute approximate surface area is 187 Å². The van der Waals surface area contributed by atoms with Gasteiger partial charge in [0.1, 0.15) is 29.8 Å². The zero-order chi connectivity index (χ0) is 22.9. The first-order chi connectivity index (χ1) is 15.1. The van der Waals surface area contributed by atoms with E-state index in [2.05, 4.69) is 51.7 Å². The summed E-state index contributed by atoms with van der Waals surface area (Å²) in [6, 6.07) is 14.5. The lowest BCUT2D eigenvalue weighted by Crippen LogP contribution is -2.41. The molecule has 32 heavy (non-hydrogen) atoms. The second kappa shape index (κ2) is 6.97. The molecule has 0 N–H and O–H groups in total. The van der Waals surface area contributed by atoms with Gasteiger partial charge in [0.25, 0.3) is 0 Å². The molecule has 0 saturated carbocycles. The van der Waals surface area contributed by atoms with Crippen molar-refractivity contribution in [3.05, 3.63) is 71.3 Å². The second-order valence-electron chi connectivity index (χ2n) is 9.73. The Morgan fingerprint density at radius 3 is 2.34 bits per heavy atom. The average Bonchev–Trinajstić information content (AvgIpc) is 3.06. The molecule has 0 spiro atoms. The largest absolute Gasteiger partial charge is 0.455 e. The minimum absolute atomic E-state index is 0.144. The number of aryl methyl sites for hydroxylation is 2. The van der Waals surface area contributed by atoms with E-state index in [1.165, 1.54) is 12.1 Å². The highest BCUT2D eigenvalue weighted by Gasteiger charge is 2.26. The van der Waals surface area contributed by atoms with Gasteiger partial charge in [-0.25, -0.2) is 8.78 Å². The minimum Gasteiger partial charge on any atom is -0.455 e. The fraction of sp³-hybridized carbons (Fsp3) is 0.222. The van der Waals surface area contributed by atoms with Crippen molar-refractivity contribution in [1.29, 1.82) is 0 Å². The van der Waals surface area contributed by atoms with Crippen LogP contribution in [-0.2, 0) is 7.05 Å². The molecule has 3 aromatic carbocycles. The molecule has 0 aliphatic rings. The predicted molar refractivity (Wildman–Crippen MR) is 130 cm³/mol. The summed E-state index contributed by atoms with van der Waals surface area (Å²) < 4.78 is 37.1. The van der Waals surface area contributed by atoms with Crippen LogP contribution in [0.5, 0.6) is 0 Å². The zero-order valence-corrected chi connectivity index (χ0v) is 20.2. The van der Waals surface area contributed by atoms with Gasteiger partial charge in [-0.05, 0) is 60.5 Å². The highest BCUT2D eigenvalue weighted by atomic mass is 28.3. The summed E-state index contributed by atoms with van der Waals surface area (Å²) in [7, 11) is 0.163. The molecular weight excluding hydrogens is 420 g/mol. The summed E-state index contributed by atoms with van der Waals surface area (Å²) in [5, 5.41) is 3.70. The van der Waals surface area contributed by atoms with E-state index in [4.69, 9.17) is 4.42 Å². The van der Waals surface area contributed by atoms with Crippen LogP contribution in [0.2, 0.25) is 19.6 Å². The molecule has 5 heteroatoms. The third-order valence-corrected chi connectivity index (χ3v) is 8.57. The molecule has 2 heterocycles. The molecule has 5 rings (SSSR count). The van der Waals surface area contributed by atoms with Gasteiger partial charge < -0.3 is 4.42 Å². The molecule has 0 amide bonds. The van der Waals surface area contributed by atoms with Crippen molar-refractivity contribution < 1.29 is 17.8 Å². The van der Waals surface area contributed by atoms with Crippen molar-refractivity contribution in [2.75, 3.05) is 0 Å². The molecule has 2 aromatic heterocycles. The zero-order valence-electron chi connectivity index (χ0n) is 19.2. The number of pyridine rings is 1. The Bertz CT molecular complexity index is 1560. The summed E-state index contributed by atoms with van der Waals surface area (Å²) in [4.78, 5) is 0. The summed E-state index contributed by atoms with van der Waals surface area (Å²) >= 11 is 0. The van der Waals surface area contributed by atoms with Crippen molar-refractivity contribution in [2.24, 2.45) is 7.05 Å². The second-order valence-corrected chi connectivity index (χ2v) is 14.8. The molecule has 0 atom stereocenters. The molecule has 5 aromatic rings. The summed E-state index contributed by atoms with van der Waals surface area (Å²) in [6.45, 7) is 10.6. The van der Waals surface area contributed by atoms with Crippen LogP contribution in [0.3, 0.4) is 0 Å². The van der Waals surface area contributed by atoms with Crippen LogP contribution in [0, 0.1) is 25.5 Å². The van der Waals surface area contributed by atoms with Gasteiger partial charge in [0.15, 0.2) is 0 Å². The first kappa shape index (κ1) is 20.8. The highest BCUT2D eigenvalue weighted by Crippen LogP contribution is 2.39. The van der Waals surface area contributed by atoms with E-state index in [1.807, 2.05) is 17.7 Å². The number of hydrogen-bond acceptors (Lipinski definition) is 1. The lowest BCUT2D eigenvalue weighted by Gasteiger charge is -2.18. The molecule has 0 radical (unpaired) electrons. The number of benzene rings is 3. The maximum Gasteiger partial charge on any atom is 0.216 e. The van der Waals surface area contributed by atoms with Gasteiger partial charge in [-0.1, -0.05) is 19.6 Å². The topological polar surface area (TPSA) is 17.0 Å². The summed E-state index contributed by atoms with van der Waals surface area (Å²) in [5.74, 6) is -0.466. The average molecular weight is 447 g/mol. The normalized spacial score (nSPS) is 12.4. The van der Waals surface area contributed by atoms with Crippen molar-refractivity contribution in [3.8, 4) is 11.3 Å². The fourth-order valence-corrected chi connectivity index (χ4v) is 6.04. The Kier molecular flexibility index (Phi) is 4.54. The van der Waals surface area contributed by atoms with Crippen LogP contribution < -0.4 is 9.75 Å². The molecule has 0 unspecified atom stereocenters. The third kappa shape index (κ3) is 3.06. The molecule has 0 aliphatic heterocycles. The molecule has 0 aliphatic carbocycles. The molecule has 0 fully saturated rings. The number of rotatable bonds is 2. The Hall–Kier alpha value is -3.05. The van der Waals surface area contributed by atoms with Crippen molar-refractivity contribution in [2.45, 2.75) is 33.5 Å². The first-order valence-electron chi connectivity index (χ1n) is 10.8. The standard InChI is InChI=1S/C27H26F2NOSi/c1-15-11-20-19-9-8-18(28)13-24(19)31-27(20)26(16(15)2)22-10-7-17-12-25(32(4,5)6)21(29)14-23(17)30(22)3/h7-14H,1-6H3/q+1. The van der Waals surface area contributed by atoms with Gasteiger partial charge in [0, 0.05) is 34.4 Å². The van der Waals surface area contributed by atoms with Crippen molar-refractivity contribution in [1.82, 2.24) is 0 Å². The number of halogens is 2. The van der Waals surface area contributed by atoms with Crippen molar-refractivity contribution in [3.63, 3.8) is 0 Å². The van der Waals surface area contributed by atoms with Gasteiger partial charge in [-0.15, -0.1) is 0 Å². The Morgan fingerprint density at radius 1 is 0.875 bits per heavy atom. The van der Waals surface area contributed by atoms with E-state index in [0.29, 0.717) is 5.58 Å². The molecular formula is C27H26F2NOSi+. The maximum atomic E-state index is 15.1. The number of aromatic nitrogens is 1. The lowest BCUT2D eigenvalue weighted by atomic mass is 9.96. The van der Waals surface area contributed by atoms with Crippen LogP contribution in [0.15, 0.2) is 52.9 Å². The first-order valence-corrected chi connectivity index (χ1v) is 14.3. The van der Waals surface area contributed by atoms with E-state index in [9.17, 15) is 4.39 Å². The van der Waals surface area contributed by atoms with Gasteiger partial charge in [-0.2, -0.15) is 4.57 Å². The van der Waals surface area contributed by atoms with Gasteiger partial charge in [-0.3, -0.25) is 0 Å². The quantitative estimate of drug-likeness (QED) is 0.219. The highest BCUT2D eigenvalue weighted by molar-refractivity contribution is 6.88.